The van der Waals surface area contributed by atoms with Crippen LogP contribution in [0.1, 0.15) is 27.2 Å². The summed E-state index contributed by atoms with van der Waals surface area (Å²) in [7, 11) is 3.54. The molecule has 108 valence electrons. The Morgan fingerprint density at radius 3 is 2.11 bits per heavy atom. The molecule has 1 fully saturated rings. The van der Waals surface area contributed by atoms with Crippen molar-refractivity contribution in [2.24, 2.45) is 5.92 Å². The fourth-order valence-electron chi connectivity index (χ4n) is 2.42. The molecule has 1 N–H and O–H groups in total. The fourth-order valence-corrected chi connectivity index (χ4v) is 2.42. The smallest absolute Gasteiger partial charge is 0.0971 e. The normalized spacial score (nSPS) is 27.0. The molecule has 0 aromatic rings. The highest BCUT2D eigenvalue weighted by molar-refractivity contribution is 4.88. The minimum Gasteiger partial charge on any atom is -0.377 e. The number of methoxy groups -OCH3 is 2. The number of rotatable bonds is 8. The molecule has 0 spiro atoms. The molecule has 0 amide bonds. The van der Waals surface area contributed by atoms with Gasteiger partial charge in [0, 0.05) is 39.9 Å². The third-order valence-electron chi connectivity index (χ3n) is 3.81. The monoisotopic (exact) mass is 258 g/mol. The van der Waals surface area contributed by atoms with Crippen molar-refractivity contribution in [1.29, 1.82) is 0 Å². The minimum absolute atomic E-state index is 0.216. The van der Waals surface area contributed by atoms with Gasteiger partial charge in [-0.05, 0) is 25.8 Å². The standard InChI is InChI=1S/C14H30N2O2/c1-11(2)6-7-15-8-12(3)16-9-13(17-4)14(10-16)18-5/h11-15H,6-10H2,1-5H3. The maximum atomic E-state index is 5.47. The van der Waals surface area contributed by atoms with E-state index in [9.17, 15) is 0 Å². The number of likely N-dealkylation sites (tertiary alicyclic amines) is 1. The Hall–Kier alpha value is -0.160. The molecule has 0 saturated carbocycles. The molecule has 1 rings (SSSR count). The van der Waals surface area contributed by atoms with Gasteiger partial charge < -0.3 is 14.8 Å². The van der Waals surface area contributed by atoms with E-state index in [0.717, 1.165) is 32.1 Å². The summed E-state index contributed by atoms with van der Waals surface area (Å²) in [5.74, 6) is 0.773. The number of hydrogen-bond donors (Lipinski definition) is 1. The largest absolute Gasteiger partial charge is 0.377 e. The molecular formula is C14H30N2O2. The van der Waals surface area contributed by atoms with Gasteiger partial charge in [-0.2, -0.15) is 0 Å². The van der Waals surface area contributed by atoms with Gasteiger partial charge in [-0.3, -0.25) is 4.90 Å². The van der Waals surface area contributed by atoms with Crippen LogP contribution in [0.2, 0.25) is 0 Å². The summed E-state index contributed by atoms with van der Waals surface area (Å²) in [6, 6.07) is 0.537. The van der Waals surface area contributed by atoms with Gasteiger partial charge in [0.05, 0.1) is 12.2 Å². The average Bonchev–Trinajstić information content (AvgIpc) is 2.77. The van der Waals surface area contributed by atoms with Crippen molar-refractivity contribution in [3.63, 3.8) is 0 Å². The zero-order chi connectivity index (χ0) is 13.5. The van der Waals surface area contributed by atoms with Gasteiger partial charge in [-0.25, -0.2) is 0 Å². The fraction of sp³-hybridized carbons (Fsp3) is 1.00. The molecule has 4 heteroatoms. The summed E-state index contributed by atoms with van der Waals surface area (Å²) < 4.78 is 10.9. The van der Waals surface area contributed by atoms with Gasteiger partial charge in [-0.1, -0.05) is 13.8 Å². The second kappa shape index (κ2) is 8.10. The van der Waals surface area contributed by atoms with Crippen molar-refractivity contribution >= 4 is 0 Å². The predicted molar refractivity (Wildman–Crippen MR) is 75.0 cm³/mol. The van der Waals surface area contributed by atoms with Crippen LogP contribution >= 0.6 is 0 Å². The van der Waals surface area contributed by atoms with Crippen LogP contribution in [0.3, 0.4) is 0 Å². The maximum Gasteiger partial charge on any atom is 0.0971 e. The highest BCUT2D eigenvalue weighted by Crippen LogP contribution is 2.17. The van der Waals surface area contributed by atoms with Crippen LogP contribution in [0, 0.1) is 5.92 Å². The second-order valence-corrected chi connectivity index (χ2v) is 5.74. The van der Waals surface area contributed by atoms with Crippen LogP contribution in [-0.2, 0) is 9.47 Å². The highest BCUT2D eigenvalue weighted by atomic mass is 16.5. The lowest BCUT2D eigenvalue weighted by Crippen LogP contribution is -2.40. The van der Waals surface area contributed by atoms with E-state index in [1.54, 1.807) is 14.2 Å². The number of hydrogen-bond acceptors (Lipinski definition) is 4. The van der Waals surface area contributed by atoms with E-state index in [0.29, 0.717) is 6.04 Å². The van der Waals surface area contributed by atoms with Crippen LogP contribution < -0.4 is 5.32 Å². The lowest BCUT2D eigenvalue weighted by atomic mass is 10.1. The topological polar surface area (TPSA) is 33.7 Å². The first kappa shape index (κ1) is 15.9. The molecule has 18 heavy (non-hydrogen) atoms. The summed E-state index contributed by atoms with van der Waals surface area (Å²) in [5, 5.41) is 3.54. The summed E-state index contributed by atoms with van der Waals surface area (Å²) in [4.78, 5) is 2.45. The zero-order valence-corrected chi connectivity index (χ0v) is 12.6. The van der Waals surface area contributed by atoms with Crippen LogP contribution in [0.5, 0.6) is 0 Å². The summed E-state index contributed by atoms with van der Waals surface area (Å²) in [6.45, 7) is 10.9. The van der Waals surface area contributed by atoms with E-state index < -0.39 is 0 Å². The van der Waals surface area contributed by atoms with E-state index >= 15 is 0 Å². The number of ether oxygens (including phenoxy) is 2. The molecule has 0 aromatic heterocycles. The van der Waals surface area contributed by atoms with E-state index in [2.05, 4.69) is 31.0 Å². The van der Waals surface area contributed by atoms with Gasteiger partial charge >= 0.3 is 0 Å². The lowest BCUT2D eigenvalue weighted by Gasteiger charge is -2.24. The lowest BCUT2D eigenvalue weighted by molar-refractivity contribution is -0.00461. The molecule has 1 aliphatic rings. The van der Waals surface area contributed by atoms with Crippen molar-refractivity contribution < 1.29 is 9.47 Å². The SMILES string of the molecule is COC1CN(C(C)CNCCC(C)C)CC1OC. The van der Waals surface area contributed by atoms with Crippen molar-refractivity contribution in [1.82, 2.24) is 10.2 Å². The Labute approximate surface area is 112 Å². The third-order valence-corrected chi connectivity index (χ3v) is 3.81. The van der Waals surface area contributed by atoms with E-state index in [1.165, 1.54) is 6.42 Å². The first-order valence-electron chi connectivity index (χ1n) is 7.08. The second-order valence-electron chi connectivity index (χ2n) is 5.74. The quantitative estimate of drug-likeness (QED) is 0.667. The average molecular weight is 258 g/mol. The Bertz CT molecular complexity index is 212. The maximum absolute atomic E-state index is 5.47. The van der Waals surface area contributed by atoms with Gasteiger partial charge in [0.25, 0.3) is 0 Å². The minimum atomic E-state index is 0.216. The molecule has 0 aromatic carbocycles. The van der Waals surface area contributed by atoms with Crippen molar-refractivity contribution in [3.05, 3.63) is 0 Å². The van der Waals surface area contributed by atoms with Crippen LogP contribution in [0.15, 0.2) is 0 Å². The van der Waals surface area contributed by atoms with Crippen molar-refractivity contribution in [3.8, 4) is 0 Å². The summed E-state index contributed by atoms with van der Waals surface area (Å²) in [5.41, 5.74) is 0. The number of nitrogens with zero attached hydrogens (tertiary/aromatic N) is 1. The van der Waals surface area contributed by atoms with Crippen LogP contribution in [0.25, 0.3) is 0 Å². The predicted octanol–water partition coefficient (Wildman–Crippen LogP) is 1.36. The molecule has 4 nitrogen and oxygen atoms in total. The Kier molecular flexibility index (Phi) is 7.15. The molecular weight excluding hydrogens is 228 g/mol. The van der Waals surface area contributed by atoms with Gasteiger partial charge in [-0.15, -0.1) is 0 Å². The molecule has 0 aliphatic carbocycles. The van der Waals surface area contributed by atoms with Gasteiger partial charge in [0.1, 0.15) is 0 Å². The van der Waals surface area contributed by atoms with E-state index in [1.807, 2.05) is 0 Å². The molecule has 1 saturated heterocycles. The van der Waals surface area contributed by atoms with Crippen LogP contribution in [0.4, 0.5) is 0 Å². The van der Waals surface area contributed by atoms with E-state index in [4.69, 9.17) is 9.47 Å². The van der Waals surface area contributed by atoms with Crippen LogP contribution in [-0.4, -0.2) is 63.5 Å². The van der Waals surface area contributed by atoms with Gasteiger partial charge in [0.15, 0.2) is 0 Å². The summed E-state index contributed by atoms with van der Waals surface area (Å²) >= 11 is 0. The third kappa shape index (κ3) is 4.84. The van der Waals surface area contributed by atoms with Crippen molar-refractivity contribution in [2.45, 2.75) is 45.4 Å². The first-order valence-corrected chi connectivity index (χ1v) is 7.08. The molecule has 0 bridgehead atoms. The Morgan fingerprint density at radius 2 is 1.67 bits per heavy atom. The molecule has 1 aliphatic heterocycles. The van der Waals surface area contributed by atoms with E-state index in [-0.39, 0.29) is 12.2 Å². The van der Waals surface area contributed by atoms with Crippen molar-refractivity contribution in [2.75, 3.05) is 40.4 Å². The highest BCUT2D eigenvalue weighted by Gasteiger charge is 2.34. The molecule has 3 atom stereocenters. The van der Waals surface area contributed by atoms with Gasteiger partial charge in [0.2, 0.25) is 0 Å². The Balaban J connectivity index is 2.24. The summed E-state index contributed by atoms with van der Waals surface area (Å²) in [6.07, 6.45) is 1.68. The molecule has 1 heterocycles. The molecule has 3 unspecified atom stereocenters. The molecule has 0 radical (unpaired) electrons. The number of nitrogens with one attached hydrogen (secondary N) is 1. The zero-order valence-electron chi connectivity index (χ0n) is 12.6. The first-order chi connectivity index (χ1) is 8.58. The Morgan fingerprint density at radius 1 is 1.11 bits per heavy atom.